The number of nitrogens with one attached hydrogen (secondary N) is 1. The molecular formula is C18H28FN. The second-order valence-electron chi connectivity index (χ2n) is 6.57. The first-order valence-corrected chi connectivity index (χ1v) is 8.07. The van der Waals surface area contributed by atoms with Crippen molar-refractivity contribution in [2.24, 2.45) is 5.92 Å². The number of hydrogen-bond donors (Lipinski definition) is 1. The van der Waals surface area contributed by atoms with Gasteiger partial charge in [-0.05, 0) is 61.4 Å². The third-order valence-electron chi connectivity index (χ3n) is 4.58. The maximum absolute atomic E-state index is 13.3. The lowest BCUT2D eigenvalue weighted by Gasteiger charge is -2.28. The quantitative estimate of drug-likeness (QED) is 0.780. The van der Waals surface area contributed by atoms with Gasteiger partial charge in [0.1, 0.15) is 5.82 Å². The van der Waals surface area contributed by atoms with Gasteiger partial charge in [-0.3, -0.25) is 0 Å². The van der Waals surface area contributed by atoms with E-state index in [0.717, 1.165) is 12.1 Å². The molecule has 0 bridgehead atoms. The van der Waals surface area contributed by atoms with Crippen LogP contribution in [0.25, 0.3) is 0 Å². The summed E-state index contributed by atoms with van der Waals surface area (Å²) >= 11 is 0. The summed E-state index contributed by atoms with van der Waals surface area (Å²) in [5.41, 5.74) is 2.48. The third kappa shape index (κ3) is 4.05. The van der Waals surface area contributed by atoms with Crippen molar-refractivity contribution in [1.29, 1.82) is 0 Å². The summed E-state index contributed by atoms with van der Waals surface area (Å²) in [6.45, 7) is 7.54. The summed E-state index contributed by atoms with van der Waals surface area (Å²) in [6, 6.07) is 5.87. The molecule has 0 aliphatic heterocycles. The van der Waals surface area contributed by atoms with E-state index in [1.165, 1.54) is 37.7 Å². The largest absolute Gasteiger partial charge is 0.314 e. The molecular weight excluding hydrogens is 249 g/mol. The highest BCUT2D eigenvalue weighted by Crippen LogP contribution is 2.37. The minimum absolute atomic E-state index is 0.114. The van der Waals surface area contributed by atoms with Crippen LogP contribution in [0.3, 0.4) is 0 Å². The van der Waals surface area contributed by atoms with Crippen molar-refractivity contribution in [3.8, 4) is 0 Å². The Labute approximate surface area is 123 Å². The summed E-state index contributed by atoms with van der Waals surface area (Å²) in [4.78, 5) is 0. The predicted octanol–water partition coefficient (Wildman–Crippen LogP) is 4.80. The van der Waals surface area contributed by atoms with E-state index in [0.29, 0.717) is 17.9 Å². The Morgan fingerprint density at radius 2 is 1.95 bits per heavy atom. The summed E-state index contributed by atoms with van der Waals surface area (Å²) in [5, 5.41) is 3.60. The van der Waals surface area contributed by atoms with E-state index in [1.807, 2.05) is 6.07 Å². The summed E-state index contributed by atoms with van der Waals surface area (Å²) in [7, 11) is 0. The molecule has 1 aliphatic rings. The molecule has 1 saturated carbocycles. The average Bonchev–Trinajstić information content (AvgIpc) is 2.61. The first-order valence-electron chi connectivity index (χ1n) is 8.07. The van der Waals surface area contributed by atoms with E-state index in [9.17, 15) is 4.39 Å². The molecule has 1 aromatic carbocycles. The number of benzene rings is 1. The van der Waals surface area contributed by atoms with Gasteiger partial charge in [0.05, 0.1) is 0 Å². The molecule has 0 amide bonds. The van der Waals surface area contributed by atoms with Crippen LogP contribution in [0.4, 0.5) is 4.39 Å². The van der Waals surface area contributed by atoms with Gasteiger partial charge >= 0.3 is 0 Å². The molecule has 2 heteroatoms. The van der Waals surface area contributed by atoms with E-state index in [4.69, 9.17) is 0 Å². The fourth-order valence-electron chi connectivity index (χ4n) is 3.48. The van der Waals surface area contributed by atoms with Crippen LogP contribution in [0.5, 0.6) is 0 Å². The fourth-order valence-corrected chi connectivity index (χ4v) is 3.48. The Morgan fingerprint density at radius 1 is 1.20 bits per heavy atom. The minimum atomic E-state index is -0.114. The van der Waals surface area contributed by atoms with Crippen molar-refractivity contribution in [1.82, 2.24) is 5.32 Å². The molecule has 0 spiro atoms. The predicted molar refractivity (Wildman–Crippen MR) is 83.6 cm³/mol. The lowest BCUT2D eigenvalue weighted by atomic mass is 9.80. The Balaban J connectivity index is 2.18. The summed E-state index contributed by atoms with van der Waals surface area (Å²) in [5.74, 6) is 1.16. The second-order valence-corrected chi connectivity index (χ2v) is 6.57. The zero-order chi connectivity index (χ0) is 14.5. The van der Waals surface area contributed by atoms with E-state index in [-0.39, 0.29) is 5.82 Å². The Hall–Kier alpha value is -0.890. The molecule has 2 rings (SSSR count). The topological polar surface area (TPSA) is 12.0 Å². The molecule has 112 valence electrons. The highest BCUT2D eigenvalue weighted by atomic mass is 19.1. The number of halogens is 1. The van der Waals surface area contributed by atoms with Crippen molar-refractivity contribution in [2.45, 2.75) is 64.8 Å². The number of hydrogen-bond acceptors (Lipinski definition) is 1. The van der Waals surface area contributed by atoms with Crippen molar-refractivity contribution >= 4 is 0 Å². The lowest BCUT2D eigenvalue weighted by Crippen LogP contribution is -2.31. The molecule has 0 radical (unpaired) electrons. The zero-order valence-electron chi connectivity index (χ0n) is 13.1. The van der Waals surface area contributed by atoms with E-state index < -0.39 is 0 Å². The van der Waals surface area contributed by atoms with Crippen LogP contribution in [-0.2, 0) is 0 Å². The second kappa shape index (κ2) is 7.21. The van der Waals surface area contributed by atoms with E-state index in [1.54, 1.807) is 12.1 Å². The van der Waals surface area contributed by atoms with Gasteiger partial charge in [-0.2, -0.15) is 0 Å². The van der Waals surface area contributed by atoms with Crippen LogP contribution < -0.4 is 5.32 Å². The van der Waals surface area contributed by atoms with Crippen LogP contribution in [0.2, 0.25) is 0 Å². The maximum atomic E-state index is 13.3. The van der Waals surface area contributed by atoms with E-state index >= 15 is 0 Å². The first-order chi connectivity index (χ1) is 9.58. The molecule has 1 fully saturated rings. The van der Waals surface area contributed by atoms with Crippen molar-refractivity contribution in [3.63, 3.8) is 0 Å². The van der Waals surface area contributed by atoms with Gasteiger partial charge in [0.15, 0.2) is 0 Å². The van der Waals surface area contributed by atoms with E-state index in [2.05, 4.69) is 26.1 Å². The SMILES string of the molecule is Cc1cc(F)ccc1C1CCCCCC1CNC(C)C. The van der Waals surface area contributed by atoms with Crippen LogP contribution in [0.15, 0.2) is 18.2 Å². The lowest BCUT2D eigenvalue weighted by molar-refractivity contribution is 0.362. The van der Waals surface area contributed by atoms with Crippen LogP contribution in [0, 0.1) is 18.7 Å². The molecule has 0 aromatic heterocycles. The molecule has 20 heavy (non-hydrogen) atoms. The van der Waals surface area contributed by atoms with Gasteiger partial charge in [-0.15, -0.1) is 0 Å². The van der Waals surface area contributed by atoms with Crippen molar-refractivity contribution in [2.75, 3.05) is 6.54 Å². The van der Waals surface area contributed by atoms with Gasteiger partial charge in [0, 0.05) is 6.04 Å². The molecule has 2 unspecified atom stereocenters. The van der Waals surface area contributed by atoms with Crippen LogP contribution in [-0.4, -0.2) is 12.6 Å². The fraction of sp³-hybridized carbons (Fsp3) is 0.667. The average molecular weight is 277 g/mol. The minimum Gasteiger partial charge on any atom is -0.314 e. The summed E-state index contributed by atoms with van der Waals surface area (Å²) < 4.78 is 13.3. The maximum Gasteiger partial charge on any atom is 0.123 e. The highest BCUT2D eigenvalue weighted by molar-refractivity contribution is 5.30. The molecule has 2 atom stereocenters. The molecule has 0 saturated heterocycles. The van der Waals surface area contributed by atoms with Crippen molar-refractivity contribution < 1.29 is 4.39 Å². The van der Waals surface area contributed by atoms with Gasteiger partial charge in [0.25, 0.3) is 0 Å². The third-order valence-corrected chi connectivity index (χ3v) is 4.58. The molecule has 1 aromatic rings. The first kappa shape index (κ1) is 15.5. The van der Waals surface area contributed by atoms with Crippen LogP contribution in [0.1, 0.15) is 63.0 Å². The Morgan fingerprint density at radius 3 is 2.65 bits per heavy atom. The normalized spacial score (nSPS) is 23.9. The zero-order valence-corrected chi connectivity index (χ0v) is 13.1. The molecule has 0 heterocycles. The smallest absolute Gasteiger partial charge is 0.123 e. The van der Waals surface area contributed by atoms with Crippen LogP contribution >= 0.6 is 0 Å². The van der Waals surface area contributed by atoms with Crippen molar-refractivity contribution in [3.05, 3.63) is 35.1 Å². The number of aryl methyl sites for hydroxylation is 1. The standard InChI is InChI=1S/C18H28FN/c1-13(2)20-12-15-7-5-4-6-8-18(15)17-10-9-16(19)11-14(17)3/h9-11,13,15,18,20H,4-8,12H2,1-3H3. The molecule has 1 N–H and O–H groups in total. The summed E-state index contributed by atoms with van der Waals surface area (Å²) in [6.07, 6.45) is 6.52. The van der Waals surface area contributed by atoms with Gasteiger partial charge < -0.3 is 5.32 Å². The van der Waals surface area contributed by atoms with Gasteiger partial charge in [-0.25, -0.2) is 4.39 Å². The highest BCUT2D eigenvalue weighted by Gasteiger charge is 2.26. The van der Waals surface area contributed by atoms with Gasteiger partial charge in [-0.1, -0.05) is 39.2 Å². The Kier molecular flexibility index (Phi) is 5.59. The Bertz CT molecular complexity index is 427. The molecule has 1 nitrogen and oxygen atoms in total. The monoisotopic (exact) mass is 277 g/mol. The molecule has 1 aliphatic carbocycles. The van der Waals surface area contributed by atoms with Gasteiger partial charge in [0.2, 0.25) is 0 Å². The number of rotatable bonds is 4.